The summed E-state index contributed by atoms with van der Waals surface area (Å²) < 4.78 is 0. The molecule has 0 aromatic heterocycles. The predicted molar refractivity (Wildman–Crippen MR) is 78.9 cm³/mol. The third-order valence-electron chi connectivity index (χ3n) is 3.85. The van der Waals surface area contributed by atoms with Gasteiger partial charge in [-0.1, -0.05) is 42.3 Å². The van der Waals surface area contributed by atoms with Crippen LogP contribution in [0.1, 0.15) is 55.3 Å². The lowest BCUT2D eigenvalue weighted by Gasteiger charge is -2.26. The van der Waals surface area contributed by atoms with Crippen molar-refractivity contribution in [1.29, 1.82) is 0 Å². The molecule has 0 bridgehead atoms. The molecule has 1 aromatic carbocycles. The van der Waals surface area contributed by atoms with Crippen molar-refractivity contribution in [2.24, 2.45) is 0 Å². The summed E-state index contributed by atoms with van der Waals surface area (Å²) in [5.41, 5.74) is 5.81. The Morgan fingerprint density at radius 2 is 2.06 bits per heavy atom. The van der Waals surface area contributed by atoms with E-state index in [1.54, 1.807) is 5.57 Å². The second-order valence-electron chi connectivity index (χ2n) is 5.38. The first-order chi connectivity index (χ1) is 8.72. The van der Waals surface area contributed by atoms with Gasteiger partial charge in [0.2, 0.25) is 0 Å². The second kappa shape index (κ2) is 6.19. The Morgan fingerprint density at radius 3 is 2.72 bits per heavy atom. The Kier molecular flexibility index (Phi) is 4.60. The van der Waals surface area contributed by atoms with Crippen molar-refractivity contribution >= 4 is 0 Å². The largest absolute Gasteiger partial charge is 0.307 e. The van der Waals surface area contributed by atoms with E-state index in [0.717, 1.165) is 6.54 Å². The van der Waals surface area contributed by atoms with E-state index in [-0.39, 0.29) is 0 Å². The van der Waals surface area contributed by atoms with Crippen LogP contribution in [-0.2, 0) is 0 Å². The topological polar surface area (TPSA) is 12.0 Å². The molecule has 0 radical (unpaired) electrons. The van der Waals surface area contributed by atoms with Gasteiger partial charge in [-0.2, -0.15) is 0 Å². The highest BCUT2D eigenvalue weighted by atomic mass is 14.9. The summed E-state index contributed by atoms with van der Waals surface area (Å²) in [6.45, 7) is 7.63. The first-order valence-electron chi connectivity index (χ1n) is 7.22. The van der Waals surface area contributed by atoms with E-state index in [9.17, 15) is 0 Å². The Morgan fingerprint density at radius 1 is 1.22 bits per heavy atom. The smallest absolute Gasteiger partial charge is 0.0538 e. The molecule has 0 heterocycles. The zero-order chi connectivity index (χ0) is 13.0. The number of hydrogen-bond acceptors (Lipinski definition) is 1. The molecule has 1 aromatic rings. The number of benzene rings is 1. The predicted octanol–water partition coefficient (Wildman–Crippen LogP) is 4.45. The summed E-state index contributed by atoms with van der Waals surface area (Å²) in [6.07, 6.45) is 7.67. The number of aryl methyl sites for hydroxylation is 2. The van der Waals surface area contributed by atoms with Crippen molar-refractivity contribution < 1.29 is 0 Å². The average Bonchev–Trinajstić information content (AvgIpc) is 2.40. The number of rotatable bonds is 4. The second-order valence-corrected chi connectivity index (χ2v) is 5.38. The molecular weight excluding hydrogens is 218 g/mol. The van der Waals surface area contributed by atoms with Crippen LogP contribution in [-0.4, -0.2) is 6.54 Å². The minimum atomic E-state index is 0.426. The van der Waals surface area contributed by atoms with Crippen molar-refractivity contribution in [3.63, 3.8) is 0 Å². The molecule has 0 spiro atoms. The number of likely N-dealkylation sites (N-methyl/N-ethyl adjacent to an activating group) is 1. The molecule has 0 saturated carbocycles. The van der Waals surface area contributed by atoms with E-state index in [4.69, 9.17) is 0 Å². The highest BCUT2D eigenvalue weighted by Gasteiger charge is 2.18. The summed E-state index contributed by atoms with van der Waals surface area (Å²) in [5.74, 6) is 0. The highest BCUT2D eigenvalue weighted by Crippen LogP contribution is 2.31. The Bertz CT molecular complexity index is 431. The molecule has 0 fully saturated rings. The van der Waals surface area contributed by atoms with Crippen molar-refractivity contribution in [3.05, 3.63) is 46.5 Å². The van der Waals surface area contributed by atoms with Crippen LogP contribution in [0.2, 0.25) is 0 Å². The molecule has 1 heteroatoms. The van der Waals surface area contributed by atoms with Gasteiger partial charge in [0, 0.05) is 0 Å². The van der Waals surface area contributed by atoms with E-state index in [0.29, 0.717) is 6.04 Å². The normalized spacial score (nSPS) is 17.4. The quantitative estimate of drug-likeness (QED) is 0.770. The minimum Gasteiger partial charge on any atom is -0.307 e. The average molecular weight is 243 g/mol. The van der Waals surface area contributed by atoms with Gasteiger partial charge < -0.3 is 5.32 Å². The van der Waals surface area contributed by atoms with Gasteiger partial charge in [0.05, 0.1) is 6.04 Å². The van der Waals surface area contributed by atoms with Gasteiger partial charge in [-0.05, 0) is 57.2 Å². The van der Waals surface area contributed by atoms with E-state index >= 15 is 0 Å². The van der Waals surface area contributed by atoms with Crippen molar-refractivity contribution in [1.82, 2.24) is 5.32 Å². The Hall–Kier alpha value is -1.08. The van der Waals surface area contributed by atoms with Gasteiger partial charge in [0.1, 0.15) is 0 Å². The lowest BCUT2D eigenvalue weighted by molar-refractivity contribution is 0.562. The van der Waals surface area contributed by atoms with E-state index in [1.807, 2.05) is 0 Å². The zero-order valence-electron chi connectivity index (χ0n) is 11.9. The van der Waals surface area contributed by atoms with E-state index in [2.05, 4.69) is 50.4 Å². The molecule has 0 aliphatic heterocycles. The monoisotopic (exact) mass is 243 g/mol. The summed E-state index contributed by atoms with van der Waals surface area (Å²) in [5, 5.41) is 3.67. The van der Waals surface area contributed by atoms with Gasteiger partial charge in [0.15, 0.2) is 0 Å². The first-order valence-corrected chi connectivity index (χ1v) is 7.22. The molecule has 1 unspecified atom stereocenters. The van der Waals surface area contributed by atoms with Crippen LogP contribution in [0.15, 0.2) is 29.8 Å². The van der Waals surface area contributed by atoms with Crippen LogP contribution in [0.25, 0.3) is 0 Å². The van der Waals surface area contributed by atoms with Crippen LogP contribution in [0, 0.1) is 13.8 Å². The van der Waals surface area contributed by atoms with Crippen LogP contribution < -0.4 is 5.32 Å². The maximum Gasteiger partial charge on any atom is 0.0538 e. The standard InChI is InChI=1S/C17H25N/c1-4-18-17(15-8-6-5-7-9-15)16-12-13(2)10-11-14(16)3/h8,10-12,17-18H,4-7,9H2,1-3H3. The fourth-order valence-electron chi connectivity index (χ4n) is 2.84. The molecule has 98 valence electrons. The summed E-state index contributed by atoms with van der Waals surface area (Å²) in [4.78, 5) is 0. The van der Waals surface area contributed by atoms with Crippen LogP contribution >= 0.6 is 0 Å². The molecule has 0 saturated heterocycles. The number of hydrogen-bond donors (Lipinski definition) is 1. The third kappa shape index (κ3) is 3.02. The fourth-order valence-corrected chi connectivity index (χ4v) is 2.84. The molecule has 0 amide bonds. The minimum absolute atomic E-state index is 0.426. The van der Waals surface area contributed by atoms with Gasteiger partial charge >= 0.3 is 0 Å². The Labute approximate surface area is 111 Å². The summed E-state index contributed by atoms with van der Waals surface area (Å²) in [7, 11) is 0. The SMILES string of the molecule is CCNC(C1=CCCCC1)c1cc(C)ccc1C. The maximum absolute atomic E-state index is 3.67. The van der Waals surface area contributed by atoms with Crippen LogP contribution in [0.5, 0.6) is 0 Å². The van der Waals surface area contributed by atoms with Gasteiger partial charge in [-0.15, -0.1) is 0 Å². The maximum atomic E-state index is 3.67. The lowest BCUT2D eigenvalue weighted by Crippen LogP contribution is -2.24. The molecule has 1 aliphatic rings. The number of nitrogens with one attached hydrogen (secondary N) is 1. The molecule has 2 rings (SSSR count). The molecule has 1 N–H and O–H groups in total. The molecule has 1 atom stereocenters. The van der Waals surface area contributed by atoms with Crippen LogP contribution in [0.4, 0.5) is 0 Å². The fraction of sp³-hybridized carbons (Fsp3) is 0.529. The third-order valence-corrected chi connectivity index (χ3v) is 3.85. The number of allylic oxidation sites excluding steroid dienone is 1. The first kappa shape index (κ1) is 13.4. The zero-order valence-corrected chi connectivity index (χ0v) is 11.9. The van der Waals surface area contributed by atoms with Crippen molar-refractivity contribution in [2.75, 3.05) is 6.54 Å². The van der Waals surface area contributed by atoms with Gasteiger partial charge in [0.25, 0.3) is 0 Å². The van der Waals surface area contributed by atoms with Gasteiger partial charge in [-0.3, -0.25) is 0 Å². The van der Waals surface area contributed by atoms with E-state index in [1.165, 1.54) is 42.4 Å². The Balaban J connectivity index is 2.34. The molecule has 1 nitrogen and oxygen atoms in total. The highest BCUT2D eigenvalue weighted by molar-refractivity contribution is 5.38. The summed E-state index contributed by atoms with van der Waals surface area (Å²) in [6, 6.07) is 7.23. The van der Waals surface area contributed by atoms with Crippen molar-refractivity contribution in [3.8, 4) is 0 Å². The van der Waals surface area contributed by atoms with Crippen LogP contribution in [0.3, 0.4) is 0 Å². The molecule has 1 aliphatic carbocycles. The molecular formula is C17H25N. The van der Waals surface area contributed by atoms with Gasteiger partial charge in [-0.25, -0.2) is 0 Å². The summed E-state index contributed by atoms with van der Waals surface area (Å²) >= 11 is 0. The molecule has 18 heavy (non-hydrogen) atoms. The lowest BCUT2D eigenvalue weighted by atomic mass is 9.87. The van der Waals surface area contributed by atoms with E-state index < -0.39 is 0 Å². The van der Waals surface area contributed by atoms with Crippen molar-refractivity contribution in [2.45, 2.75) is 52.5 Å².